The first-order valence-electron chi connectivity index (χ1n) is 4.21. The quantitative estimate of drug-likeness (QED) is 0.513. The average Bonchev–Trinajstić information content (AvgIpc) is 1.90. The fourth-order valence-corrected chi connectivity index (χ4v) is 0.569. The highest BCUT2D eigenvalue weighted by Crippen LogP contribution is 2.16. The third-order valence-electron chi connectivity index (χ3n) is 1.78. The summed E-state index contributed by atoms with van der Waals surface area (Å²) in [6.07, 6.45) is 0. The summed E-state index contributed by atoms with van der Waals surface area (Å²) in [6.45, 7) is 16.6. The van der Waals surface area contributed by atoms with Gasteiger partial charge in [0, 0.05) is 0 Å². The van der Waals surface area contributed by atoms with Crippen LogP contribution in [-0.2, 0) is 0 Å². The van der Waals surface area contributed by atoms with Crippen molar-refractivity contribution in [2.24, 2.45) is 11.8 Å². The standard InChI is InChI=1S/C8H16.C2H6/c1-6(2)8(5)7(3)4;1-2/h7-8H,1H2,2-5H3;1-2H3/t8-;/m1./s1. The van der Waals surface area contributed by atoms with Gasteiger partial charge in [-0.1, -0.05) is 46.8 Å². The minimum Gasteiger partial charge on any atom is -0.0999 e. The zero-order chi connectivity index (χ0) is 8.73. The largest absolute Gasteiger partial charge is 0.0999 e. The van der Waals surface area contributed by atoms with Gasteiger partial charge in [0.15, 0.2) is 0 Å². The number of hydrogen-bond acceptors (Lipinski definition) is 0. The Balaban J connectivity index is 0. The molecular formula is C10H22. The lowest BCUT2D eigenvalue weighted by Gasteiger charge is -2.13. The summed E-state index contributed by atoms with van der Waals surface area (Å²) >= 11 is 0. The first-order chi connectivity index (χ1) is 4.55. The van der Waals surface area contributed by atoms with E-state index in [2.05, 4.69) is 34.3 Å². The molecule has 0 fully saturated rings. The third kappa shape index (κ3) is 5.87. The fourth-order valence-electron chi connectivity index (χ4n) is 0.569. The van der Waals surface area contributed by atoms with E-state index in [1.807, 2.05) is 13.8 Å². The molecule has 0 aromatic carbocycles. The monoisotopic (exact) mass is 142 g/mol. The first-order valence-corrected chi connectivity index (χ1v) is 4.21. The second-order valence-electron chi connectivity index (χ2n) is 2.88. The Bertz CT molecular complexity index is 80.0. The van der Waals surface area contributed by atoms with Crippen molar-refractivity contribution in [2.45, 2.75) is 41.5 Å². The van der Waals surface area contributed by atoms with E-state index in [0.717, 1.165) is 5.92 Å². The van der Waals surface area contributed by atoms with Crippen LogP contribution in [0.25, 0.3) is 0 Å². The van der Waals surface area contributed by atoms with E-state index in [1.165, 1.54) is 5.57 Å². The van der Waals surface area contributed by atoms with Gasteiger partial charge in [0.25, 0.3) is 0 Å². The lowest BCUT2D eigenvalue weighted by molar-refractivity contribution is 0.481. The molecule has 0 heterocycles. The molecule has 0 bridgehead atoms. The first kappa shape index (κ1) is 12.4. The van der Waals surface area contributed by atoms with Crippen LogP contribution in [0.15, 0.2) is 12.2 Å². The number of allylic oxidation sites excluding steroid dienone is 1. The van der Waals surface area contributed by atoms with Gasteiger partial charge < -0.3 is 0 Å². The van der Waals surface area contributed by atoms with Crippen LogP contribution in [0.3, 0.4) is 0 Å². The molecule has 62 valence electrons. The minimum absolute atomic E-state index is 0.676. The summed E-state index contributed by atoms with van der Waals surface area (Å²) < 4.78 is 0. The van der Waals surface area contributed by atoms with Gasteiger partial charge >= 0.3 is 0 Å². The molecular weight excluding hydrogens is 120 g/mol. The number of rotatable bonds is 2. The summed E-state index contributed by atoms with van der Waals surface area (Å²) in [6, 6.07) is 0. The smallest absolute Gasteiger partial charge is 0.0214 e. The fraction of sp³-hybridized carbons (Fsp3) is 0.800. The Morgan fingerprint density at radius 2 is 1.40 bits per heavy atom. The molecule has 0 spiro atoms. The van der Waals surface area contributed by atoms with Crippen molar-refractivity contribution in [3.8, 4) is 0 Å². The van der Waals surface area contributed by atoms with E-state index in [1.54, 1.807) is 0 Å². The molecule has 0 unspecified atom stereocenters. The molecule has 0 saturated carbocycles. The number of hydrogen-bond donors (Lipinski definition) is 0. The van der Waals surface area contributed by atoms with E-state index in [-0.39, 0.29) is 0 Å². The molecule has 0 aromatic heterocycles. The molecule has 0 heteroatoms. The predicted molar refractivity (Wildman–Crippen MR) is 50.2 cm³/mol. The average molecular weight is 142 g/mol. The molecule has 0 aromatic rings. The summed E-state index contributed by atoms with van der Waals surface area (Å²) in [5.41, 5.74) is 1.29. The molecule has 0 amide bonds. The van der Waals surface area contributed by atoms with Crippen LogP contribution in [0.4, 0.5) is 0 Å². The van der Waals surface area contributed by atoms with Crippen molar-refractivity contribution >= 4 is 0 Å². The lowest BCUT2D eigenvalue weighted by Crippen LogP contribution is -2.03. The molecule has 0 radical (unpaired) electrons. The maximum absolute atomic E-state index is 3.88. The molecule has 1 atom stereocenters. The molecule has 0 aliphatic carbocycles. The van der Waals surface area contributed by atoms with Gasteiger partial charge in [-0.05, 0) is 18.8 Å². The third-order valence-corrected chi connectivity index (χ3v) is 1.78. The van der Waals surface area contributed by atoms with Crippen LogP contribution < -0.4 is 0 Å². The highest BCUT2D eigenvalue weighted by atomic mass is 14.1. The van der Waals surface area contributed by atoms with E-state index in [9.17, 15) is 0 Å². The molecule has 0 rings (SSSR count). The van der Waals surface area contributed by atoms with Gasteiger partial charge in [0.2, 0.25) is 0 Å². The van der Waals surface area contributed by atoms with Gasteiger partial charge in [-0.2, -0.15) is 0 Å². The van der Waals surface area contributed by atoms with Gasteiger partial charge in [0.1, 0.15) is 0 Å². The lowest BCUT2D eigenvalue weighted by atomic mass is 9.92. The van der Waals surface area contributed by atoms with Crippen molar-refractivity contribution in [1.29, 1.82) is 0 Å². The Morgan fingerprint density at radius 3 is 1.40 bits per heavy atom. The minimum atomic E-state index is 0.676. The van der Waals surface area contributed by atoms with E-state index < -0.39 is 0 Å². The van der Waals surface area contributed by atoms with Crippen LogP contribution in [-0.4, -0.2) is 0 Å². The Hall–Kier alpha value is -0.260. The van der Waals surface area contributed by atoms with Crippen molar-refractivity contribution in [3.63, 3.8) is 0 Å². The van der Waals surface area contributed by atoms with Crippen LogP contribution in [0.1, 0.15) is 41.5 Å². The zero-order valence-corrected chi connectivity index (χ0v) is 8.36. The molecule has 0 aliphatic heterocycles. The van der Waals surface area contributed by atoms with Gasteiger partial charge in [-0.3, -0.25) is 0 Å². The normalized spacial score (nSPS) is 11.9. The van der Waals surface area contributed by atoms with Crippen LogP contribution >= 0.6 is 0 Å². The predicted octanol–water partition coefficient (Wildman–Crippen LogP) is 3.88. The maximum atomic E-state index is 3.88. The van der Waals surface area contributed by atoms with Gasteiger partial charge in [-0.25, -0.2) is 0 Å². The molecule has 10 heavy (non-hydrogen) atoms. The Morgan fingerprint density at radius 1 is 1.10 bits per heavy atom. The van der Waals surface area contributed by atoms with Crippen molar-refractivity contribution < 1.29 is 0 Å². The molecule has 0 nitrogen and oxygen atoms in total. The van der Waals surface area contributed by atoms with Crippen molar-refractivity contribution in [1.82, 2.24) is 0 Å². The van der Waals surface area contributed by atoms with Crippen molar-refractivity contribution in [3.05, 3.63) is 12.2 Å². The van der Waals surface area contributed by atoms with Crippen LogP contribution in [0, 0.1) is 11.8 Å². The zero-order valence-electron chi connectivity index (χ0n) is 8.36. The van der Waals surface area contributed by atoms with Crippen LogP contribution in [0.5, 0.6) is 0 Å². The van der Waals surface area contributed by atoms with Crippen molar-refractivity contribution in [2.75, 3.05) is 0 Å². The highest BCUT2D eigenvalue weighted by Gasteiger charge is 2.05. The molecule has 0 saturated heterocycles. The Kier molecular flexibility index (Phi) is 8.51. The summed E-state index contributed by atoms with van der Waals surface area (Å²) in [5, 5.41) is 0. The SMILES string of the molecule is C=C(C)[C@@H](C)C(C)C.CC. The topological polar surface area (TPSA) is 0 Å². The van der Waals surface area contributed by atoms with Crippen LogP contribution in [0.2, 0.25) is 0 Å². The molecule has 0 N–H and O–H groups in total. The Labute approximate surface area is 66.3 Å². The summed E-state index contributed by atoms with van der Waals surface area (Å²) in [7, 11) is 0. The summed E-state index contributed by atoms with van der Waals surface area (Å²) in [5.74, 6) is 1.42. The van der Waals surface area contributed by atoms with E-state index in [4.69, 9.17) is 0 Å². The van der Waals surface area contributed by atoms with E-state index >= 15 is 0 Å². The summed E-state index contributed by atoms with van der Waals surface area (Å²) in [4.78, 5) is 0. The molecule has 0 aliphatic rings. The van der Waals surface area contributed by atoms with Gasteiger partial charge in [0.05, 0.1) is 0 Å². The van der Waals surface area contributed by atoms with E-state index in [0.29, 0.717) is 5.92 Å². The second-order valence-corrected chi connectivity index (χ2v) is 2.88. The van der Waals surface area contributed by atoms with Gasteiger partial charge in [-0.15, -0.1) is 0 Å². The second kappa shape index (κ2) is 6.85. The maximum Gasteiger partial charge on any atom is -0.0214 e. The highest BCUT2D eigenvalue weighted by molar-refractivity contribution is 4.94.